The average molecular weight is 299 g/mol. The fourth-order valence-corrected chi connectivity index (χ4v) is 4.10. The van der Waals surface area contributed by atoms with Gasteiger partial charge in [-0.3, -0.25) is 9.59 Å². The number of carbonyl (C=O) groups excluding carboxylic acids is 2. The molecule has 0 spiro atoms. The van der Waals surface area contributed by atoms with E-state index in [0.29, 0.717) is 18.2 Å². The molecule has 20 heavy (non-hydrogen) atoms. The van der Waals surface area contributed by atoms with E-state index in [1.54, 1.807) is 11.8 Å². The molecular formula is C15H25NO3S. The number of amides is 1. The van der Waals surface area contributed by atoms with Crippen LogP contribution in [0.1, 0.15) is 45.4 Å². The van der Waals surface area contributed by atoms with Gasteiger partial charge in [0.25, 0.3) is 0 Å². The molecule has 1 saturated heterocycles. The molecule has 0 aromatic heterocycles. The highest BCUT2D eigenvalue weighted by atomic mass is 32.2. The van der Waals surface area contributed by atoms with Gasteiger partial charge in [-0.25, -0.2) is 0 Å². The number of ether oxygens (including phenoxy) is 1. The zero-order chi connectivity index (χ0) is 14.6. The predicted octanol–water partition coefficient (Wildman–Crippen LogP) is 2.46. The van der Waals surface area contributed by atoms with Crippen molar-refractivity contribution in [3.8, 4) is 0 Å². The summed E-state index contributed by atoms with van der Waals surface area (Å²) in [5.41, 5.74) is 0.117. The van der Waals surface area contributed by atoms with E-state index in [1.807, 2.05) is 4.90 Å². The van der Waals surface area contributed by atoms with Gasteiger partial charge in [0, 0.05) is 12.6 Å². The SMILES string of the molecule is COC(=O)CC1(CSCC(=O)N2CCCCC2C)CC1. The number of hydrogen-bond donors (Lipinski definition) is 0. The van der Waals surface area contributed by atoms with Crippen LogP contribution in [0.3, 0.4) is 0 Å². The lowest BCUT2D eigenvalue weighted by molar-refractivity contribution is -0.141. The fourth-order valence-electron chi connectivity index (χ4n) is 2.83. The summed E-state index contributed by atoms with van der Waals surface area (Å²) in [6.45, 7) is 3.05. The van der Waals surface area contributed by atoms with Gasteiger partial charge in [0.15, 0.2) is 0 Å². The van der Waals surface area contributed by atoms with Crippen LogP contribution < -0.4 is 0 Å². The first-order chi connectivity index (χ1) is 9.56. The largest absolute Gasteiger partial charge is 0.469 e. The van der Waals surface area contributed by atoms with Gasteiger partial charge in [-0.2, -0.15) is 11.8 Å². The van der Waals surface area contributed by atoms with Crippen molar-refractivity contribution in [3.63, 3.8) is 0 Å². The molecule has 5 heteroatoms. The smallest absolute Gasteiger partial charge is 0.306 e. The molecule has 1 aliphatic heterocycles. The molecule has 0 bridgehead atoms. The first-order valence-corrected chi connectivity index (χ1v) is 8.66. The number of likely N-dealkylation sites (tertiary alicyclic amines) is 1. The molecule has 0 aromatic rings. The zero-order valence-corrected chi connectivity index (χ0v) is 13.3. The van der Waals surface area contributed by atoms with E-state index in [-0.39, 0.29) is 17.3 Å². The molecule has 1 aliphatic carbocycles. The Kier molecular flexibility index (Phi) is 5.35. The minimum atomic E-state index is -0.126. The van der Waals surface area contributed by atoms with Gasteiger partial charge in [-0.05, 0) is 50.2 Å². The Hall–Kier alpha value is -0.710. The third-order valence-corrected chi connectivity index (χ3v) is 5.73. The van der Waals surface area contributed by atoms with Crippen LogP contribution in [0.2, 0.25) is 0 Å². The van der Waals surface area contributed by atoms with Gasteiger partial charge in [-0.15, -0.1) is 0 Å². The molecule has 1 atom stereocenters. The van der Waals surface area contributed by atoms with Crippen molar-refractivity contribution in [1.29, 1.82) is 0 Å². The molecule has 2 rings (SSSR count). The quantitative estimate of drug-likeness (QED) is 0.707. The minimum absolute atomic E-state index is 0.117. The number of methoxy groups -OCH3 is 1. The van der Waals surface area contributed by atoms with E-state index in [0.717, 1.165) is 38.0 Å². The number of nitrogens with zero attached hydrogens (tertiary/aromatic N) is 1. The molecule has 0 N–H and O–H groups in total. The van der Waals surface area contributed by atoms with Crippen LogP contribution in [0.25, 0.3) is 0 Å². The van der Waals surface area contributed by atoms with Crippen LogP contribution in [0.15, 0.2) is 0 Å². The summed E-state index contributed by atoms with van der Waals surface area (Å²) in [4.78, 5) is 25.6. The lowest BCUT2D eigenvalue weighted by Crippen LogP contribution is -2.43. The summed E-state index contributed by atoms with van der Waals surface area (Å²) in [6, 6.07) is 0.391. The standard InChI is InChI=1S/C15H25NO3S/c1-12-5-3-4-8-16(12)13(17)10-20-11-15(6-7-15)9-14(18)19-2/h12H,3-11H2,1-2H3. The molecule has 0 radical (unpaired) electrons. The van der Waals surface area contributed by atoms with Crippen molar-refractivity contribution in [1.82, 2.24) is 4.90 Å². The summed E-state index contributed by atoms with van der Waals surface area (Å²) < 4.78 is 4.74. The molecule has 2 fully saturated rings. The average Bonchev–Trinajstić information content (AvgIpc) is 3.18. The molecule has 2 aliphatic rings. The third kappa shape index (κ3) is 4.14. The van der Waals surface area contributed by atoms with Crippen LogP contribution in [0.4, 0.5) is 0 Å². The number of thioether (sulfide) groups is 1. The van der Waals surface area contributed by atoms with Crippen LogP contribution in [0, 0.1) is 5.41 Å². The third-order valence-electron chi connectivity index (χ3n) is 4.46. The Labute approximate surface area is 125 Å². The van der Waals surface area contributed by atoms with E-state index in [1.165, 1.54) is 13.5 Å². The van der Waals surface area contributed by atoms with Gasteiger partial charge in [0.1, 0.15) is 0 Å². The van der Waals surface area contributed by atoms with E-state index in [2.05, 4.69) is 6.92 Å². The maximum atomic E-state index is 12.2. The Balaban J connectivity index is 1.70. The monoisotopic (exact) mass is 299 g/mol. The van der Waals surface area contributed by atoms with Crippen molar-refractivity contribution in [2.75, 3.05) is 25.2 Å². The van der Waals surface area contributed by atoms with Crippen molar-refractivity contribution < 1.29 is 14.3 Å². The number of carbonyl (C=O) groups is 2. The number of rotatable bonds is 6. The lowest BCUT2D eigenvalue weighted by Gasteiger charge is -2.33. The van der Waals surface area contributed by atoms with Gasteiger partial charge in [0.05, 0.1) is 19.3 Å². The van der Waals surface area contributed by atoms with Gasteiger partial charge in [-0.1, -0.05) is 0 Å². The molecule has 1 heterocycles. The second-order valence-corrected chi connectivity index (χ2v) is 7.16. The van der Waals surface area contributed by atoms with Gasteiger partial charge >= 0.3 is 5.97 Å². The van der Waals surface area contributed by atoms with Crippen LogP contribution in [-0.2, 0) is 14.3 Å². The molecule has 0 aromatic carbocycles. The number of esters is 1. The highest BCUT2D eigenvalue weighted by molar-refractivity contribution is 7.99. The molecule has 1 amide bonds. The zero-order valence-electron chi connectivity index (χ0n) is 12.5. The Morgan fingerprint density at radius 1 is 1.35 bits per heavy atom. The Morgan fingerprint density at radius 2 is 2.10 bits per heavy atom. The number of hydrogen-bond acceptors (Lipinski definition) is 4. The van der Waals surface area contributed by atoms with Crippen LogP contribution in [0.5, 0.6) is 0 Å². The van der Waals surface area contributed by atoms with Crippen molar-refractivity contribution in [2.45, 2.75) is 51.5 Å². The summed E-state index contributed by atoms with van der Waals surface area (Å²) in [6.07, 6.45) is 6.17. The molecule has 1 saturated carbocycles. The maximum Gasteiger partial charge on any atom is 0.306 e. The Bertz CT molecular complexity index is 368. The van der Waals surface area contributed by atoms with Crippen molar-refractivity contribution in [3.05, 3.63) is 0 Å². The topological polar surface area (TPSA) is 46.6 Å². The Morgan fingerprint density at radius 3 is 2.70 bits per heavy atom. The van der Waals surface area contributed by atoms with E-state index in [9.17, 15) is 9.59 Å². The molecule has 114 valence electrons. The second-order valence-electron chi connectivity index (χ2n) is 6.18. The lowest BCUT2D eigenvalue weighted by atomic mass is 10.0. The predicted molar refractivity (Wildman–Crippen MR) is 80.7 cm³/mol. The number of piperidine rings is 1. The van der Waals surface area contributed by atoms with Crippen LogP contribution in [-0.4, -0.2) is 48.0 Å². The minimum Gasteiger partial charge on any atom is -0.469 e. The molecular weight excluding hydrogens is 274 g/mol. The summed E-state index contributed by atoms with van der Waals surface area (Å²) in [5.74, 6) is 1.58. The highest BCUT2D eigenvalue weighted by Gasteiger charge is 2.44. The van der Waals surface area contributed by atoms with Crippen molar-refractivity contribution >= 4 is 23.6 Å². The van der Waals surface area contributed by atoms with E-state index >= 15 is 0 Å². The maximum absolute atomic E-state index is 12.2. The van der Waals surface area contributed by atoms with Crippen molar-refractivity contribution in [2.24, 2.45) is 5.41 Å². The first kappa shape index (κ1) is 15.7. The van der Waals surface area contributed by atoms with Gasteiger partial charge in [0.2, 0.25) is 5.91 Å². The second kappa shape index (κ2) is 6.83. The molecule has 1 unspecified atom stereocenters. The van der Waals surface area contributed by atoms with Gasteiger partial charge < -0.3 is 9.64 Å². The summed E-state index contributed by atoms with van der Waals surface area (Å²) >= 11 is 1.68. The normalized spacial score (nSPS) is 24.3. The highest BCUT2D eigenvalue weighted by Crippen LogP contribution is 2.51. The van der Waals surface area contributed by atoms with E-state index in [4.69, 9.17) is 4.74 Å². The summed E-state index contributed by atoms with van der Waals surface area (Å²) in [7, 11) is 1.44. The first-order valence-electron chi connectivity index (χ1n) is 7.50. The summed E-state index contributed by atoms with van der Waals surface area (Å²) in [5, 5.41) is 0. The van der Waals surface area contributed by atoms with E-state index < -0.39 is 0 Å². The molecule has 4 nitrogen and oxygen atoms in total. The van der Waals surface area contributed by atoms with Crippen LogP contribution >= 0.6 is 11.8 Å². The fraction of sp³-hybridized carbons (Fsp3) is 0.867.